The third-order valence-electron chi connectivity index (χ3n) is 2.53. The molecule has 0 aromatic heterocycles. The highest BCUT2D eigenvalue weighted by molar-refractivity contribution is 7.90. The largest absolute Gasteiger partial charge is 0.314 e. The molecule has 2 rings (SSSR count). The molecule has 0 saturated carbocycles. The minimum Gasteiger partial charge on any atom is -0.314 e. The van der Waals surface area contributed by atoms with Crippen molar-refractivity contribution in [3.8, 4) is 0 Å². The van der Waals surface area contributed by atoms with E-state index in [4.69, 9.17) is 23.2 Å². The molecule has 0 bridgehead atoms. The minimum absolute atomic E-state index is 0.367. The molecule has 5 nitrogen and oxygen atoms in total. The van der Waals surface area contributed by atoms with Crippen LogP contribution in [0, 0.1) is 0 Å². The Morgan fingerprint density at radius 2 is 1.67 bits per heavy atom. The molecule has 100 valence electrons. The van der Waals surface area contributed by atoms with Crippen LogP contribution in [0.15, 0.2) is 18.2 Å². The predicted molar refractivity (Wildman–Crippen MR) is 73.4 cm³/mol. The monoisotopic (exact) mass is 309 g/mol. The van der Waals surface area contributed by atoms with Crippen molar-refractivity contribution in [3.05, 3.63) is 28.2 Å². The van der Waals surface area contributed by atoms with Crippen LogP contribution in [0.4, 0.5) is 5.69 Å². The van der Waals surface area contributed by atoms with Crippen LogP contribution in [0.1, 0.15) is 0 Å². The Bertz CT molecular complexity index is 510. The van der Waals surface area contributed by atoms with E-state index in [9.17, 15) is 8.42 Å². The minimum atomic E-state index is -3.54. The zero-order chi connectivity index (χ0) is 13.2. The van der Waals surface area contributed by atoms with Crippen LogP contribution in [-0.2, 0) is 10.2 Å². The highest BCUT2D eigenvalue weighted by Gasteiger charge is 2.23. The number of rotatable bonds is 3. The fourth-order valence-corrected chi connectivity index (χ4v) is 3.45. The van der Waals surface area contributed by atoms with Crippen molar-refractivity contribution < 1.29 is 8.42 Å². The maximum Gasteiger partial charge on any atom is 0.301 e. The number of halogens is 2. The third kappa shape index (κ3) is 3.49. The molecule has 0 radical (unpaired) electrons. The van der Waals surface area contributed by atoms with E-state index < -0.39 is 10.2 Å². The van der Waals surface area contributed by atoms with E-state index in [2.05, 4.69) is 10.0 Å². The van der Waals surface area contributed by atoms with Crippen LogP contribution in [-0.4, -0.2) is 38.9 Å². The molecule has 18 heavy (non-hydrogen) atoms. The molecule has 1 aromatic carbocycles. The van der Waals surface area contributed by atoms with Gasteiger partial charge in [0.15, 0.2) is 0 Å². The average molecular weight is 310 g/mol. The normalized spacial score (nSPS) is 17.7. The van der Waals surface area contributed by atoms with Gasteiger partial charge >= 0.3 is 10.2 Å². The Morgan fingerprint density at radius 1 is 1.11 bits per heavy atom. The van der Waals surface area contributed by atoms with Gasteiger partial charge in [-0.1, -0.05) is 23.2 Å². The Morgan fingerprint density at radius 3 is 2.22 bits per heavy atom. The SMILES string of the molecule is O=S(=O)(Nc1cc(Cl)cc(Cl)c1)N1CCNCC1. The van der Waals surface area contributed by atoms with Crippen LogP contribution in [0.5, 0.6) is 0 Å². The van der Waals surface area contributed by atoms with E-state index >= 15 is 0 Å². The van der Waals surface area contributed by atoms with Crippen molar-refractivity contribution >= 4 is 39.1 Å². The highest BCUT2D eigenvalue weighted by Crippen LogP contribution is 2.23. The maximum atomic E-state index is 12.1. The maximum absolute atomic E-state index is 12.1. The first-order valence-corrected chi connectivity index (χ1v) is 7.62. The lowest BCUT2D eigenvalue weighted by molar-refractivity contribution is 0.362. The van der Waals surface area contributed by atoms with Crippen molar-refractivity contribution in [2.24, 2.45) is 0 Å². The number of anilines is 1. The quantitative estimate of drug-likeness (QED) is 0.890. The van der Waals surface area contributed by atoms with E-state index in [1.54, 1.807) is 6.07 Å². The summed E-state index contributed by atoms with van der Waals surface area (Å²) in [5.74, 6) is 0. The summed E-state index contributed by atoms with van der Waals surface area (Å²) in [6.07, 6.45) is 0. The standard InChI is InChI=1S/C10H13Cl2N3O2S/c11-8-5-9(12)7-10(6-8)14-18(16,17)15-3-1-13-2-4-15/h5-7,13-14H,1-4H2. The zero-order valence-electron chi connectivity index (χ0n) is 9.49. The van der Waals surface area contributed by atoms with E-state index in [0.29, 0.717) is 41.9 Å². The average Bonchev–Trinajstić information content (AvgIpc) is 2.28. The highest BCUT2D eigenvalue weighted by atomic mass is 35.5. The van der Waals surface area contributed by atoms with Crippen molar-refractivity contribution in [2.75, 3.05) is 30.9 Å². The first-order chi connectivity index (χ1) is 8.47. The lowest BCUT2D eigenvalue weighted by Crippen LogP contribution is -2.48. The van der Waals surface area contributed by atoms with Gasteiger partial charge in [0.2, 0.25) is 0 Å². The lowest BCUT2D eigenvalue weighted by atomic mass is 10.3. The lowest BCUT2D eigenvalue weighted by Gasteiger charge is -2.26. The summed E-state index contributed by atoms with van der Waals surface area (Å²) in [5.41, 5.74) is 0.367. The molecule has 1 fully saturated rings. The van der Waals surface area contributed by atoms with Crippen molar-refractivity contribution in [1.29, 1.82) is 0 Å². The second kappa shape index (κ2) is 5.63. The van der Waals surface area contributed by atoms with Gasteiger partial charge in [0.05, 0.1) is 5.69 Å². The van der Waals surface area contributed by atoms with Gasteiger partial charge in [-0.25, -0.2) is 0 Å². The summed E-state index contributed by atoms with van der Waals surface area (Å²) in [6.45, 7) is 2.20. The second-order valence-corrected chi connectivity index (χ2v) is 6.46. The number of hydrogen-bond donors (Lipinski definition) is 2. The summed E-state index contributed by atoms with van der Waals surface area (Å²) in [4.78, 5) is 0. The molecule has 1 heterocycles. The molecule has 0 unspecified atom stereocenters. The van der Waals surface area contributed by atoms with Gasteiger partial charge in [-0.2, -0.15) is 12.7 Å². The van der Waals surface area contributed by atoms with Gasteiger partial charge < -0.3 is 5.32 Å². The predicted octanol–water partition coefficient (Wildman–Crippen LogP) is 1.56. The molecule has 1 aromatic rings. The molecule has 1 saturated heterocycles. The van der Waals surface area contributed by atoms with E-state index in [-0.39, 0.29) is 0 Å². The molecule has 0 aliphatic carbocycles. The topological polar surface area (TPSA) is 61.4 Å². The number of piperazine rings is 1. The summed E-state index contributed by atoms with van der Waals surface area (Å²) in [6, 6.07) is 4.59. The molecule has 2 N–H and O–H groups in total. The molecular weight excluding hydrogens is 297 g/mol. The van der Waals surface area contributed by atoms with Crippen LogP contribution >= 0.6 is 23.2 Å². The summed E-state index contributed by atoms with van der Waals surface area (Å²) < 4.78 is 28.0. The van der Waals surface area contributed by atoms with Gasteiger partial charge in [-0.15, -0.1) is 0 Å². The smallest absolute Gasteiger partial charge is 0.301 e. The van der Waals surface area contributed by atoms with Crippen LogP contribution in [0.3, 0.4) is 0 Å². The van der Waals surface area contributed by atoms with Crippen molar-refractivity contribution in [2.45, 2.75) is 0 Å². The Balaban J connectivity index is 2.16. The number of hydrogen-bond acceptors (Lipinski definition) is 3. The molecule has 0 atom stereocenters. The molecular formula is C10H13Cl2N3O2S. The van der Waals surface area contributed by atoms with Gasteiger partial charge in [-0.3, -0.25) is 4.72 Å². The zero-order valence-corrected chi connectivity index (χ0v) is 11.8. The van der Waals surface area contributed by atoms with E-state index in [1.807, 2.05) is 0 Å². The summed E-state index contributed by atoms with van der Waals surface area (Å²) >= 11 is 11.6. The van der Waals surface area contributed by atoms with Gasteiger partial charge in [0.25, 0.3) is 0 Å². The Labute approximate surface area is 116 Å². The molecule has 0 amide bonds. The first-order valence-electron chi connectivity index (χ1n) is 5.42. The Hall–Kier alpha value is -0.530. The van der Waals surface area contributed by atoms with Gasteiger partial charge in [0.1, 0.15) is 0 Å². The second-order valence-electron chi connectivity index (χ2n) is 3.91. The van der Waals surface area contributed by atoms with Crippen LogP contribution < -0.4 is 10.0 Å². The van der Waals surface area contributed by atoms with E-state index in [0.717, 1.165) is 0 Å². The molecule has 1 aliphatic rings. The first kappa shape index (κ1) is 13.9. The van der Waals surface area contributed by atoms with Crippen molar-refractivity contribution in [3.63, 3.8) is 0 Å². The molecule has 8 heteroatoms. The molecule has 1 aliphatic heterocycles. The number of benzene rings is 1. The fraction of sp³-hybridized carbons (Fsp3) is 0.400. The summed E-state index contributed by atoms with van der Waals surface area (Å²) in [5, 5.41) is 3.87. The Kier molecular flexibility index (Phi) is 4.34. The number of nitrogens with one attached hydrogen (secondary N) is 2. The number of nitrogens with zero attached hydrogens (tertiary/aromatic N) is 1. The summed E-state index contributed by atoms with van der Waals surface area (Å²) in [7, 11) is -3.54. The van der Waals surface area contributed by atoms with Crippen LogP contribution in [0.25, 0.3) is 0 Å². The molecule has 0 spiro atoms. The van der Waals surface area contributed by atoms with Crippen LogP contribution in [0.2, 0.25) is 10.0 Å². The van der Waals surface area contributed by atoms with Crippen molar-refractivity contribution in [1.82, 2.24) is 9.62 Å². The van der Waals surface area contributed by atoms with Gasteiger partial charge in [0, 0.05) is 36.2 Å². The van der Waals surface area contributed by atoms with Gasteiger partial charge in [-0.05, 0) is 18.2 Å². The third-order valence-corrected chi connectivity index (χ3v) is 4.50. The fourth-order valence-electron chi connectivity index (χ4n) is 1.71. The van der Waals surface area contributed by atoms with E-state index in [1.165, 1.54) is 16.4 Å².